The summed E-state index contributed by atoms with van der Waals surface area (Å²) in [6.07, 6.45) is 1.44. The standard InChI is InChI=1S/C23H19N5O7/c1-13-8-16(14(2)26(13)19-11-18(28(32)33)5-7-21(19)34-3)12-24-25-23(29)22-10-15-9-17(27(30)31)4-6-20(15)35-22/h4-12H,1-3H3,(H,25,29)/b24-12-. The number of carbonyl (C=O) groups excluding carboxylic acids is 1. The fraction of sp³-hybridized carbons (Fsp3) is 0.130. The van der Waals surface area contributed by atoms with Gasteiger partial charge in [-0.3, -0.25) is 25.0 Å². The first-order valence-corrected chi connectivity index (χ1v) is 10.2. The molecule has 0 saturated heterocycles. The number of aromatic nitrogens is 1. The first-order valence-electron chi connectivity index (χ1n) is 10.2. The Balaban J connectivity index is 1.57. The molecule has 0 atom stereocenters. The topological polar surface area (TPSA) is 155 Å². The summed E-state index contributed by atoms with van der Waals surface area (Å²) in [6.45, 7) is 3.63. The van der Waals surface area contributed by atoms with Crippen LogP contribution in [0, 0.1) is 34.1 Å². The molecule has 0 radical (unpaired) electrons. The van der Waals surface area contributed by atoms with E-state index in [2.05, 4.69) is 10.5 Å². The lowest BCUT2D eigenvalue weighted by atomic mass is 10.2. The van der Waals surface area contributed by atoms with Gasteiger partial charge in [0, 0.05) is 46.6 Å². The molecular weight excluding hydrogens is 458 g/mol. The number of nitrogens with one attached hydrogen (secondary N) is 1. The Morgan fingerprint density at radius 2 is 1.74 bits per heavy atom. The molecule has 2 heterocycles. The molecule has 178 valence electrons. The molecule has 1 N–H and O–H groups in total. The Kier molecular flexibility index (Phi) is 6.02. The molecule has 0 aliphatic rings. The molecule has 12 heteroatoms. The van der Waals surface area contributed by atoms with Gasteiger partial charge >= 0.3 is 5.91 Å². The van der Waals surface area contributed by atoms with Crippen molar-refractivity contribution in [1.29, 1.82) is 0 Å². The molecule has 4 rings (SSSR count). The number of hydrogen-bond acceptors (Lipinski definition) is 8. The number of methoxy groups -OCH3 is 1. The smallest absolute Gasteiger partial charge is 0.307 e. The molecule has 0 unspecified atom stereocenters. The second-order valence-electron chi connectivity index (χ2n) is 7.56. The van der Waals surface area contributed by atoms with Crippen LogP contribution in [0.15, 0.2) is 58.0 Å². The number of hydrazone groups is 1. The average Bonchev–Trinajstić information content (AvgIpc) is 3.38. The monoisotopic (exact) mass is 477 g/mol. The largest absolute Gasteiger partial charge is 0.495 e. The van der Waals surface area contributed by atoms with E-state index in [4.69, 9.17) is 9.15 Å². The Labute approximate surface area is 197 Å². The Morgan fingerprint density at radius 1 is 1.06 bits per heavy atom. The molecule has 0 aliphatic heterocycles. The third-order valence-electron chi connectivity index (χ3n) is 5.39. The number of benzene rings is 2. The summed E-state index contributed by atoms with van der Waals surface area (Å²) in [6, 6.07) is 11.6. The van der Waals surface area contributed by atoms with Crippen LogP contribution < -0.4 is 10.2 Å². The van der Waals surface area contributed by atoms with Crippen molar-refractivity contribution in [2.45, 2.75) is 13.8 Å². The molecule has 0 aliphatic carbocycles. The Bertz CT molecular complexity index is 1520. The zero-order valence-electron chi connectivity index (χ0n) is 18.8. The van der Waals surface area contributed by atoms with Crippen LogP contribution in [0.3, 0.4) is 0 Å². The summed E-state index contributed by atoms with van der Waals surface area (Å²) in [5, 5.41) is 26.6. The van der Waals surface area contributed by atoms with Crippen molar-refractivity contribution < 1.29 is 23.8 Å². The number of nitro groups is 2. The van der Waals surface area contributed by atoms with E-state index in [1.807, 2.05) is 13.0 Å². The maximum atomic E-state index is 12.4. The average molecular weight is 477 g/mol. The van der Waals surface area contributed by atoms with Gasteiger partial charge in [0.2, 0.25) is 0 Å². The van der Waals surface area contributed by atoms with Gasteiger partial charge < -0.3 is 13.7 Å². The number of nitro benzene ring substituents is 2. The summed E-state index contributed by atoms with van der Waals surface area (Å²) < 4.78 is 12.6. The van der Waals surface area contributed by atoms with Crippen LogP contribution in [-0.4, -0.2) is 33.6 Å². The SMILES string of the molecule is COc1ccc([N+](=O)[O-])cc1-n1c(C)cc(/C=N\NC(=O)c2cc3cc([N+](=O)[O-])ccc3o2)c1C. The van der Waals surface area contributed by atoms with Crippen LogP contribution in [0.25, 0.3) is 16.7 Å². The second kappa shape index (κ2) is 9.09. The number of amides is 1. The van der Waals surface area contributed by atoms with E-state index in [0.717, 1.165) is 11.4 Å². The minimum Gasteiger partial charge on any atom is -0.495 e. The van der Waals surface area contributed by atoms with E-state index in [1.54, 1.807) is 11.5 Å². The van der Waals surface area contributed by atoms with Gasteiger partial charge in [-0.15, -0.1) is 0 Å². The lowest BCUT2D eigenvalue weighted by Gasteiger charge is -2.13. The van der Waals surface area contributed by atoms with Gasteiger partial charge in [0.15, 0.2) is 5.76 Å². The molecule has 0 bridgehead atoms. The highest BCUT2D eigenvalue weighted by Gasteiger charge is 2.18. The van der Waals surface area contributed by atoms with Crippen molar-refractivity contribution in [3.63, 3.8) is 0 Å². The van der Waals surface area contributed by atoms with Gasteiger partial charge in [-0.1, -0.05) is 0 Å². The van der Waals surface area contributed by atoms with Gasteiger partial charge in [0.1, 0.15) is 11.3 Å². The first kappa shape index (κ1) is 23.2. The van der Waals surface area contributed by atoms with Crippen LogP contribution in [0.1, 0.15) is 27.5 Å². The fourth-order valence-corrected chi connectivity index (χ4v) is 3.73. The van der Waals surface area contributed by atoms with Gasteiger partial charge in [0.25, 0.3) is 11.4 Å². The lowest BCUT2D eigenvalue weighted by Crippen LogP contribution is -2.16. The maximum absolute atomic E-state index is 12.4. The molecule has 1 amide bonds. The Morgan fingerprint density at radius 3 is 2.43 bits per heavy atom. The van der Waals surface area contributed by atoms with E-state index in [1.165, 1.54) is 55.8 Å². The third kappa shape index (κ3) is 4.44. The number of non-ortho nitro benzene ring substituents is 2. The number of fused-ring (bicyclic) bond motifs is 1. The number of hydrogen-bond donors (Lipinski definition) is 1. The highest BCUT2D eigenvalue weighted by Crippen LogP contribution is 2.31. The van der Waals surface area contributed by atoms with Gasteiger partial charge in [-0.2, -0.15) is 5.10 Å². The van der Waals surface area contributed by atoms with Crippen molar-refractivity contribution in [2.24, 2.45) is 5.10 Å². The summed E-state index contributed by atoms with van der Waals surface area (Å²) in [5.41, 5.74) is 5.16. The van der Waals surface area contributed by atoms with E-state index in [-0.39, 0.29) is 17.1 Å². The predicted molar refractivity (Wildman–Crippen MR) is 126 cm³/mol. The quantitative estimate of drug-likeness (QED) is 0.234. The van der Waals surface area contributed by atoms with Crippen molar-refractivity contribution in [1.82, 2.24) is 9.99 Å². The van der Waals surface area contributed by atoms with Crippen LogP contribution >= 0.6 is 0 Å². The van der Waals surface area contributed by atoms with Crippen molar-refractivity contribution >= 4 is 34.5 Å². The second-order valence-corrected chi connectivity index (χ2v) is 7.56. The molecule has 0 saturated carbocycles. The molecule has 0 fully saturated rings. The van der Waals surface area contributed by atoms with Crippen LogP contribution in [-0.2, 0) is 0 Å². The van der Waals surface area contributed by atoms with E-state index < -0.39 is 15.8 Å². The summed E-state index contributed by atoms with van der Waals surface area (Å²) in [7, 11) is 1.48. The highest BCUT2D eigenvalue weighted by molar-refractivity contribution is 5.97. The molecule has 2 aromatic carbocycles. The minimum absolute atomic E-state index is 0.0514. The summed E-state index contributed by atoms with van der Waals surface area (Å²) in [4.78, 5) is 33.6. The highest BCUT2D eigenvalue weighted by atomic mass is 16.6. The Hall–Kier alpha value is -5.00. The van der Waals surface area contributed by atoms with Crippen molar-refractivity contribution in [3.8, 4) is 11.4 Å². The zero-order chi connectivity index (χ0) is 25.3. The molecule has 35 heavy (non-hydrogen) atoms. The van der Waals surface area contributed by atoms with Gasteiger partial charge in [-0.05, 0) is 38.1 Å². The molecule has 12 nitrogen and oxygen atoms in total. The van der Waals surface area contributed by atoms with E-state index >= 15 is 0 Å². The normalized spacial score (nSPS) is 11.2. The molecule has 4 aromatic rings. The number of ether oxygens (including phenoxy) is 1. The number of aryl methyl sites for hydroxylation is 1. The molecule has 2 aromatic heterocycles. The number of nitrogens with zero attached hydrogens (tertiary/aromatic N) is 4. The van der Waals surface area contributed by atoms with Gasteiger partial charge in [0.05, 0.1) is 28.9 Å². The summed E-state index contributed by atoms with van der Waals surface area (Å²) >= 11 is 0. The van der Waals surface area contributed by atoms with Gasteiger partial charge in [-0.25, -0.2) is 5.43 Å². The van der Waals surface area contributed by atoms with Crippen LogP contribution in [0.5, 0.6) is 5.75 Å². The molecular formula is C23H19N5O7. The van der Waals surface area contributed by atoms with E-state index in [9.17, 15) is 25.0 Å². The first-order chi connectivity index (χ1) is 16.7. The fourth-order valence-electron chi connectivity index (χ4n) is 3.73. The third-order valence-corrected chi connectivity index (χ3v) is 5.39. The minimum atomic E-state index is -0.630. The number of carbonyl (C=O) groups is 1. The zero-order valence-corrected chi connectivity index (χ0v) is 18.8. The predicted octanol–water partition coefficient (Wildman–Crippen LogP) is 4.43. The van der Waals surface area contributed by atoms with Crippen molar-refractivity contribution in [3.05, 3.63) is 91.5 Å². The molecule has 0 spiro atoms. The maximum Gasteiger partial charge on any atom is 0.307 e. The van der Waals surface area contributed by atoms with Crippen LogP contribution in [0.4, 0.5) is 11.4 Å². The number of furan rings is 1. The van der Waals surface area contributed by atoms with Crippen LogP contribution in [0.2, 0.25) is 0 Å². The van der Waals surface area contributed by atoms with Crippen molar-refractivity contribution in [2.75, 3.05) is 7.11 Å². The summed E-state index contributed by atoms with van der Waals surface area (Å²) in [5.74, 6) is -0.224. The lowest BCUT2D eigenvalue weighted by molar-refractivity contribution is -0.385. The number of rotatable bonds is 7. The van der Waals surface area contributed by atoms with E-state index in [0.29, 0.717) is 28.0 Å².